The second kappa shape index (κ2) is 6.15. The molecule has 1 aliphatic carbocycles. The van der Waals surface area contributed by atoms with Gasteiger partial charge >= 0.3 is 0 Å². The maximum atomic E-state index is 10.1. The first-order valence-corrected chi connectivity index (χ1v) is 8.48. The molecule has 1 aliphatic heterocycles. The highest BCUT2D eigenvalue weighted by Gasteiger charge is 2.43. The van der Waals surface area contributed by atoms with Crippen molar-refractivity contribution < 1.29 is 24.4 Å². The van der Waals surface area contributed by atoms with Gasteiger partial charge in [-0.2, -0.15) is 0 Å². The summed E-state index contributed by atoms with van der Waals surface area (Å²) in [5.74, 6) is 2.09. The van der Waals surface area contributed by atoms with Crippen LogP contribution in [-0.2, 0) is 17.6 Å². The van der Waals surface area contributed by atoms with Gasteiger partial charge < -0.3 is 24.4 Å². The van der Waals surface area contributed by atoms with Gasteiger partial charge in [0, 0.05) is 0 Å². The minimum absolute atomic E-state index is 0.0228. The van der Waals surface area contributed by atoms with Crippen molar-refractivity contribution in [2.45, 2.75) is 18.9 Å². The minimum atomic E-state index is -0.0228. The summed E-state index contributed by atoms with van der Waals surface area (Å²) < 4.78 is 16.5. The molecule has 3 atom stereocenters. The van der Waals surface area contributed by atoms with Crippen LogP contribution in [0.1, 0.15) is 22.8 Å². The van der Waals surface area contributed by atoms with Gasteiger partial charge in [-0.15, -0.1) is 0 Å². The third-order valence-electron chi connectivity index (χ3n) is 5.43. The van der Waals surface area contributed by atoms with Gasteiger partial charge in [0.1, 0.15) is 0 Å². The van der Waals surface area contributed by atoms with Crippen LogP contribution in [0.5, 0.6) is 23.0 Å². The van der Waals surface area contributed by atoms with Crippen LogP contribution in [0.2, 0.25) is 0 Å². The zero-order valence-electron chi connectivity index (χ0n) is 14.4. The molecule has 2 aliphatic rings. The highest BCUT2D eigenvalue weighted by Crippen LogP contribution is 2.50. The standard InChI is InChI=1S/C20H22O5/c1-23-18-6-11(3-4-16(18)21)5-14-13-7-12-8-19(24-2)17(22)9-15(12)20(14)25-10-13/h3-4,6,8-9,13-14,20-22H,5,7,10H2,1-2H3/t13-,14+,20+/m0/s1. The maximum Gasteiger partial charge on any atom is 0.160 e. The number of hydrogen-bond acceptors (Lipinski definition) is 5. The van der Waals surface area contributed by atoms with E-state index >= 15 is 0 Å². The van der Waals surface area contributed by atoms with Crippen LogP contribution in [0.25, 0.3) is 0 Å². The predicted molar refractivity (Wildman–Crippen MR) is 92.4 cm³/mol. The van der Waals surface area contributed by atoms with E-state index in [1.54, 1.807) is 26.4 Å². The summed E-state index contributed by atoms with van der Waals surface area (Å²) in [5.41, 5.74) is 3.37. The van der Waals surface area contributed by atoms with Crippen molar-refractivity contribution in [1.82, 2.24) is 0 Å². The molecule has 0 amide bonds. The van der Waals surface area contributed by atoms with Crippen LogP contribution in [0.15, 0.2) is 30.3 Å². The van der Waals surface area contributed by atoms with Gasteiger partial charge in [0.15, 0.2) is 23.0 Å². The van der Waals surface area contributed by atoms with Gasteiger partial charge in [-0.25, -0.2) is 0 Å². The van der Waals surface area contributed by atoms with Gasteiger partial charge in [0.2, 0.25) is 0 Å². The van der Waals surface area contributed by atoms with Crippen LogP contribution >= 0.6 is 0 Å². The van der Waals surface area contributed by atoms with Crippen molar-refractivity contribution in [1.29, 1.82) is 0 Å². The number of ether oxygens (including phenoxy) is 3. The SMILES string of the molecule is COc1cc(C[C@@H]2[C@@H]3CO[C@H]2c2cc(O)c(OC)cc2C3)ccc1O. The van der Waals surface area contributed by atoms with E-state index in [0.29, 0.717) is 23.3 Å². The van der Waals surface area contributed by atoms with Crippen molar-refractivity contribution in [3.63, 3.8) is 0 Å². The van der Waals surface area contributed by atoms with E-state index in [4.69, 9.17) is 14.2 Å². The molecule has 2 aromatic carbocycles. The van der Waals surface area contributed by atoms with E-state index in [-0.39, 0.29) is 17.6 Å². The number of fused-ring (bicyclic) bond motifs is 4. The first kappa shape index (κ1) is 16.1. The molecule has 132 valence electrons. The third kappa shape index (κ3) is 2.68. The summed E-state index contributed by atoms with van der Waals surface area (Å²) in [6, 6.07) is 9.20. The molecule has 1 heterocycles. The average Bonchev–Trinajstić information content (AvgIpc) is 2.89. The number of aromatic hydroxyl groups is 2. The van der Waals surface area contributed by atoms with Gasteiger partial charge in [0.25, 0.3) is 0 Å². The topological polar surface area (TPSA) is 68.2 Å². The second-order valence-corrected chi connectivity index (χ2v) is 6.82. The van der Waals surface area contributed by atoms with Crippen molar-refractivity contribution in [2.24, 2.45) is 11.8 Å². The van der Waals surface area contributed by atoms with Gasteiger partial charge in [-0.1, -0.05) is 6.07 Å². The van der Waals surface area contributed by atoms with E-state index < -0.39 is 0 Å². The molecule has 25 heavy (non-hydrogen) atoms. The number of benzene rings is 2. The molecule has 2 bridgehead atoms. The molecule has 1 saturated heterocycles. The van der Waals surface area contributed by atoms with Crippen LogP contribution < -0.4 is 9.47 Å². The maximum absolute atomic E-state index is 10.1. The molecule has 0 radical (unpaired) electrons. The van der Waals surface area contributed by atoms with Gasteiger partial charge in [-0.05, 0) is 65.6 Å². The van der Waals surface area contributed by atoms with E-state index in [0.717, 1.165) is 30.6 Å². The molecule has 2 N–H and O–H groups in total. The van der Waals surface area contributed by atoms with Crippen LogP contribution in [0.3, 0.4) is 0 Å². The molecule has 0 spiro atoms. The smallest absolute Gasteiger partial charge is 0.160 e. The van der Waals surface area contributed by atoms with E-state index in [1.807, 2.05) is 18.2 Å². The molecule has 0 aromatic heterocycles. The van der Waals surface area contributed by atoms with Crippen molar-refractivity contribution >= 4 is 0 Å². The average molecular weight is 342 g/mol. The van der Waals surface area contributed by atoms with Crippen LogP contribution in [0, 0.1) is 11.8 Å². The molecule has 0 unspecified atom stereocenters. The summed E-state index contributed by atoms with van der Waals surface area (Å²) in [7, 11) is 3.12. The van der Waals surface area contributed by atoms with Crippen molar-refractivity contribution in [3.05, 3.63) is 47.0 Å². The Hall–Kier alpha value is -2.40. The molecule has 5 nitrogen and oxygen atoms in total. The third-order valence-corrected chi connectivity index (χ3v) is 5.43. The van der Waals surface area contributed by atoms with E-state index in [9.17, 15) is 10.2 Å². The van der Waals surface area contributed by atoms with Gasteiger partial charge in [0.05, 0.1) is 26.9 Å². The lowest BCUT2D eigenvalue weighted by atomic mass is 9.73. The quantitative estimate of drug-likeness (QED) is 0.893. The lowest BCUT2D eigenvalue weighted by Gasteiger charge is -2.31. The molecular weight excluding hydrogens is 320 g/mol. The highest BCUT2D eigenvalue weighted by molar-refractivity contribution is 5.49. The van der Waals surface area contributed by atoms with Gasteiger partial charge in [-0.3, -0.25) is 0 Å². The Labute approximate surface area is 146 Å². The number of methoxy groups -OCH3 is 2. The number of hydrogen-bond donors (Lipinski definition) is 2. The Bertz CT molecular complexity index is 801. The Balaban J connectivity index is 1.64. The second-order valence-electron chi connectivity index (χ2n) is 6.82. The summed E-state index contributed by atoms with van der Waals surface area (Å²) in [5, 5.41) is 19.9. The fraction of sp³-hybridized carbons (Fsp3) is 0.400. The normalized spacial score (nSPS) is 24.0. The lowest BCUT2D eigenvalue weighted by Crippen LogP contribution is -2.25. The number of rotatable bonds is 4. The monoisotopic (exact) mass is 342 g/mol. The first-order chi connectivity index (χ1) is 12.1. The molecule has 4 rings (SSSR count). The fourth-order valence-electron chi connectivity index (χ4n) is 4.16. The number of phenolic OH excluding ortho intramolecular Hbond substituents is 2. The fourth-order valence-corrected chi connectivity index (χ4v) is 4.16. The Morgan fingerprint density at radius 3 is 2.56 bits per heavy atom. The zero-order chi connectivity index (χ0) is 17.6. The van der Waals surface area contributed by atoms with E-state index in [2.05, 4.69) is 0 Å². The molecule has 1 fully saturated rings. The molecule has 0 saturated carbocycles. The van der Waals surface area contributed by atoms with Crippen molar-refractivity contribution in [2.75, 3.05) is 20.8 Å². The molecule has 2 aromatic rings. The van der Waals surface area contributed by atoms with E-state index in [1.165, 1.54) is 5.56 Å². The van der Waals surface area contributed by atoms with Crippen LogP contribution in [0.4, 0.5) is 0 Å². The summed E-state index contributed by atoms with van der Waals surface area (Å²) in [6.45, 7) is 0.725. The summed E-state index contributed by atoms with van der Waals surface area (Å²) >= 11 is 0. The Morgan fingerprint density at radius 2 is 1.80 bits per heavy atom. The predicted octanol–water partition coefficient (Wildman–Crippen LogP) is 3.22. The largest absolute Gasteiger partial charge is 0.504 e. The highest BCUT2D eigenvalue weighted by atomic mass is 16.5. The van der Waals surface area contributed by atoms with Crippen molar-refractivity contribution in [3.8, 4) is 23.0 Å². The first-order valence-electron chi connectivity index (χ1n) is 8.48. The summed E-state index contributed by atoms with van der Waals surface area (Å²) in [6.07, 6.45) is 1.74. The Kier molecular flexibility index (Phi) is 3.96. The zero-order valence-corrected chi connectivity index (χ0v) is 14.4. The Morgan fingerprint density at radius 1 is 1.04 bits per heavy atom. The summed E-state index contributed by atoms with van der Waals surface area (Å²) in [4.78, 5) is 0. The number of phenols is 2. The minimum Gasteiger partial charge on any atom is -0.504 e. The lowest BCUT2D eigenvalue weighted by molar-refractivity contribution is 0.0905. The van der Waals surface area contributed by atoms with Crippen LogP contribution in [-0.4, -0.2) is 31.0 Å². The molecule has 5 heteroatoms. The molecular formula is C20H22O5.